The second-order valence-electron chi connectivity index (χ2n) is 3.58. The van der Waals surface area contributed by atoms with Gasteiger partial charge >= 0.3 is 19.8 Å². The largest absolute Gasteiger partial charge is 1.00 e. The topological polar surface area (TPSA) is 25.8 Å². The molecule has 0 unspecified atom stereocenters. The molecule has 0 aliphatic rings. The van der Waals surface area contributed by atoms with Gasteiger partial charge in [-0.2, -0.15) is 5.10 Å². The van der Waals surface area contributed by atoms with Crippen LogP contribution < -0.4 is 0 Å². The van der Waals surface area contributed by atoms with E-state index in [-0.39, 0.29) is 19.8 Å². The molecule has 3 heteroatoms. The van der Waals surface area contributed by atoms with E-state index in [0.717, 1.165) is 11.3 Å². The van der Waals surface area contributed by atoms with Crippen molar-refractivity contribution in [2.45, 2.75) is 0 Å². The van der Waals surface area contributed by atoms with E-state index in [1.165, 1.54) is 10.8 Å². The molecule has 1 heterocycles. The molecule has 17 heavy (non-hydrogen) atoms. The van der Waals surface area contributed by atoms with Gasteiger partial charge in [-0.3, -0.25) is 0 Å². The summed E-state index contributed by atoms with van der Waals surface area (Å²) in [5.74, 6) is 0. The van der Waals surface area contributed by atoms with E-state index in [9.17, 15) is 0 Å². The van der Waals surface area contributed by atoms with E-state index in [1.54, 1.807) is 6.20 Å². The van der Waals surface area contributed by atoms with Crippen molar-refractivity contribution in [2.24, 2.45) is 0 Å². The summed E-state index contributed by atoms with van der Waals surface area (Å²) in [5.41, 5.74) is 1.83. The van der Waals surface area contributed by atoms with Crippen molar-refractivity contribution in [3.05, 3.63) is 60.8 Å². The first-order valence-corrected chi connectivity index (χ1v) is 5.12. The third-order valence-electron chi connectivity index (χ3n) is 2.53. The van der Waals surface area contributed by atoms with Gasteiger partial charge < -0.3 is 0 Å². The zero-order valence-electron chi connectivity index (χ0n) is 8.94. The number of benzene rings is 2. The number of aromatic nitrogens is 2. The van der Waals surface area contributed by atoms with E-state index in [1.807, 2.05) is 30.3 Å². The fraction of sp³-hybridized carbons (Fsp3) is 0. The Morgan fingerprint density at radius 3 is 2.53 bits per heavy atom. The Labute approximate surface area is 113 Å². The Hall–Kier alpha value is -1.58. The molecule has 3 aromatic rings. The van der Waals surface area contributed by atoms with Gasteiger partial charge in [-0.05, 0) is 6.07 Å². The Kier molecular flexibility index (Phi) is 3.61. The molecule has 0 N–H and O–H groups in total. The summed E-state index contributed by atoms with van der Waals surface area (Å²) in [4.78, 5) is 0. The summed E-state index contributed by atoms with van der Waals surface area (Å²) in [6, 6.07) is 19.3. The molecule has 83 valence electrons. The first kappa shape index (κ1) is 11.9. The molecule has 0 fully saturated rings. The maximum absolute atomic E-state index is 4.07. The van der Waals surface area contributed by atoms with E-state index in [0.29, 0.717) is 0 Å². The first-order valence-electron chi connectivity index (χ1n) is 5.12. The van der Waals surface area contributed by atoms with Gasteiger partial charge in [0.05, 0.1) is 0 Å². The minimum absolute atomic E-state index is 0. The van der Waals surface area contributed by atoms with Crippen LogP contribution in [-0.4, -0.2) is 10.2 Å². The molecule has 0 bridgehead atoms. The SMILES string of the molecule is [Os+].[c-]1cc2ccccc2cc1-c1cccnn1. The molecule has 0 saturated carbocycles. The predicted octanol–water partition coefficient (Wildman–Crippen LogP) is 3.09. The summed E-state index contributed by atoms with van der Waals surface area (Å²) in [6.07, 6.45) is 1.67. The quantitative estimate of drug-likeness (QED) is 0.592. The predicted molar refractivity (Wildman–Crippen MR) is 63.8 cm³/mol. The molecule has 2 aromatic carbocycles. The molecule has 1 aromatic heterocycles. The molecule has 0 aliphatic carbocycles. The first-order chi connectivity index (χ1) is 7.93. The number of fused-ring (bicyclic) bond motifs is 1. The maximum atomic E-state index is 4.07. The summed E-state index contributed by atoms with van der Waals surface area (Å²) in [6.45, 7) is 0. The van der Waals surface area contributed by atoms with Gasteiger partial charge in [-0.1, -0.05) is 35.7 Å². The Bertz CT molecular complexity index is 623. The average molecular weight is 395 g/mol. The van der Waals surface area contributed by atoms with Crippen LogP contribution in [0.1, 0.15) is 0 Å². The van der Waals surface area contributed by atoms with E-state index < -0.39 is 0 Å². The van der Waals surface area contributed by atoms with Gasteiger partial charge in [0.15, 0.2) is 0 Å². The van der Waals surface area contributed by atoms with Crippen molar-refractivity contribution in [3.8, 4) is 11.3 Å². The molecule has 0 atom stereocenters. The fourth-order valence-electron chi connectivity index (χ4n) is 1.72. The number of hydrogen-bond donors (Lipinski definition) is 0. The van der Waals surface area contributed by atoms with Crippen molar-refractivity contribution in [1.82, 2.24) is 10.2 Å². The van der Waals surface area contributed by atoms with Crippen LogP contribution in [0, 0.1) is 6.07 Å². The standard InChI is InChI=1S/C14H9N2.Os/c1-2-5-12-10-13(8-7-11(12)4-1)14-6-3-9-15-16-14;/h1-7,9-10H;/q-1;+1. The minimum atomic E-state index is 0. The smallest absolute Gasteiger partial charge is 0.201 e. The Morgan fingerprint density at radius 2 is 1.76 bits per heavy atom. The van der Waals surface area contributed by atoms with Gasteiger partial charge in [-0.25, -0.2) is 5.10 Å². The number of hydrogen-bond acceptors (Lipinski definition) is 2. The average Bonchev–Trinajstić information content (AvgIpc) is 2.39. The zero-order chi connectivity index (χ0) is 10.8. The van der Waals surface area contributed by atoms with Gasteiger partial charge in [-0.15, -0.1) is 29.1 Å². The van der Waals surface area contributed by atoms with Gasteiger partial charge in [0.25, 0.3) is 0 Å². The molecule has 0 saturated heterocycles. The van der Waals surface area contributed by atoms with Crippen LogP contribution in [0.15, 0.2) is 54.7 Å². The second-order valence-corrected chi connectivity index (χ2v) is 3.58. The normalized spacial score (nSPS) is 9.88. The van der Waals surface area contributed by atoms with Crippen molar-refractivity contribution in [2.75, 3.05) is 0 Å². The summed E-state index contributed by atoms with van der Waals surface area (Å²) in [7, 11) is 0. The van der Waals surface area contributed by atoms with Crippen LogP contribution in [-0.2, 0) is 19.8 Å². The van der Waals surface area contributed by atoms with E-state index >= 15 is 0 Å². The van der Waals surface area contributed by atoms with Crippen molar-refractivity contribution in [1.29, 1.82) is 0 Å². The molecule has 1 radical (unpaired) electrons. The van der Waals surface area contributed by atoms with Gasteiger partial charge in [0.1, 0.15) is 0 Å². The van der Waals surface area contributed by atoms with Crippen molar-refractivity contribution < 1.29 is 19.8 Å². The summed E-state index contributed by atoms with van der Waals surface area (Å²) < 4.78 is 0. The monoisotopic (exact) mass is 397 g/mol. The maximum Gasteiger partial charge on any atom is 1.00 e. The zero-order valence-corrected chi connectivity index (χ0v) is 11.5. The molecule has 0 amide bonds. The van der Waals surface area contributed by atoms with Crippen LogP contribution in [0.3, 0.4) is 0 Å². The molecule has 3 rings (SSSR count). The van der Waals surface area contributed by atoms with Gasteiger partial charge in [0, 0.05) is 11.9 Å². The number of nitrogens with zero attached hydrogens (tertiary/aromatic N) is 2. The van der Waals surface area contributed by atoms with Gasteiger partial charge in [0.2, 0.25) is 0 Å². The third-order valence-corrected chi connectivity index (χ3v) is 2.53. The Balaban J connectivity index is 0.00000108. The second kappa shape index (κ2) is 5.16. The Morgan fingerprint density at radius 1 is 0.941 bits per heavy atom. The minimum Gasteiger partial charge on any atom is -0.201 e. The summed E-state index contributed by atoms with van der Waals surface area (Å²) in [5, 5.41) is 10.3. The van der Waals surface area contributed by atoms with Crippen LogP contribution >= 0.6 is 0 Å². The van der Waals surface area contributed by atoms with E-state index in [2.05, 4.69) is 34.5 Å². The van der Waals surface area contributed by atoms with Crippen LogP contribution in [0.5, 0.6) is 0 Å². The van der Waals surface area contributed by atoms with Crippen molar-refractivity contribution >= 4 is 10.8 Å². The van der Waals surface area contributed by atoms with Crippen LogP contribution in [0.2, 0.25) is 0 Å². The third kappa shape index (κ3) is 2.40. The van der Waals surface area contributed by atoms with Crippen LogP contribution in [0.25, 0.3) is 22.0 Å². The fourth-order valence-corrected chi connectivity index (χ4v) is 1.72. The van der Waals surface area contributed by atoms with Crippen molar-refractivity contribution in [3.63, 3.8) is 0 Å². The van der Waals surface area contributed by atoms with Crippen LogP contribution in [0.4, 0.5) is 0 Å². The molecule has 2 nitrogen and oxygen atoms in total. The number of rotatable bonds is 1. The molecule has 0 spiro atoms. The molecular formula is C14H9N2Os. The molecular weight excluding hydrogens is 386 g/mol. The summed E-state index contributed by atoms with van der Waals surface area (Å²) >= 11 is 0. The molecule has 0 aliphatic heterocycles. The van der Waals surface area contributed by atoms with E-state index in [4.69, 9.17) is 0 Å².